The van der Waals surface area contributed by atoms with Crippen LogP contribution in [0.5, 0.6) is 11.5 Å². The van der Waals surface area contributed by atoms with E-state index in [4.69, 9.17) is 9.47 Å². The van der Waals surface area contributed by atoms with Gasteiger partial charge in [-0.1, -0.05) is 6.92 Å². The molecule has 2 aromatic rings. The molecule has 3 rings (SSSR count). The Morgan fingerprint density at radius 3 is 2.67 bits per heavy atom. The molecule has 0 radical (unpaired) electrons. The summed E-state index contributed by atoms with van der Waals surface area (Å²) in [6, 6.07) is 6.04. The van der Waals surface area contributed by atoms with Gasteiger partial charge in [0.25, 0.3) is 0 Å². The molecule has 1 aromatic carbocycles. The molecule has 0 bridgehead atoms. The Kier molecular flexibility index (Phi) is 5.09. The maximum absolute atomic E-state index is 6.07. The maximum Gasteiger partial charge on any atom is 0.163 e. The van der Waals surface area contributed by atoms with Gasteiger partial charge in [-0.15, -0.1) is 0 Å². The van der Waals surface area contributed by atoms with E-state index in [-0.39, 0.29) is 0 Å². The fourth-order valence-electron chi connectivity index (χ4n) is 3.09. The van der Waals surface area contributed by atoms with E-state index in [1.54, 1.807) is 7.11 Å². The third kappa shape index (κ3) is 3.56. The normalized spacial score (nSPS) is 15.8. The average molecular weight is 329 g/mol. The molecule has 1 aliphatic rings. The molecule has 0 spiro atoms. The molecule has 1 fully saturated rings. The van der Waals surface area contributed by atoms with Crippen LogP contribution in [0.2, 0.25) is 0 Å². The lowest BCUT2D eigenvalue weighted by molar-refractivity contribution is 0.131. The van der Waals surface area contributed by atoms with Crippen LogP contribution in [-0.4, -0.2) is 50.3 Å². The van der Waals surface area contributed by atoms with Gasteiger partial charge in [0.2, 0.25) is 0 Å². The van der Waals surface area contributed by atoms with Crippen LogP contribution in [0.25, 0.3) is 10.9 Å². The van der Waals surface area contributed by atoms with Crippen molar-refractivity contribution in [2.45, 2.75) is 20.3 Å². The SMILES string of the molecule is CNc1cc(C)c2cc(OC)c(OC[C@H](C)CN3CCC3)cc2n1. The first-order valence-electron chi connectivity index (χ1n) is 8.63. The van der Waals surface area contributed by atoms with E-state index in [2.05, 4.69) is 29.0 Å². The highest BCUT2D eigenvalue weighted by Gasteiger charge is 2.18. The first-order chi connectivity index (χ1) is 11.6. The van der Waals surface area contributed by atoms with Gasteiger partial charge in [-0.05, 0) is 44.1 Å². The first-order valence-corrected chi connectivity index (χ1v) is 8.63. The van der Waals surface area contributed by atoms with Gasteiger partial charge in [-0.25, -0.2) is 4.98 Å². The Balaban J connectivity index is 1.80. The summed E-state index contributed by atoms with van der Waals surface area (Å²) in [5.74, 6) is 2.88. The number of ether oxygens (including phenoxy) is 2. The van der Waals surface area contributed by atoms with Crippen LogP contribution in [-0.2, 0) is 0 Å². The predicted molar refractivity (Wildman–Crippen MR) is 98.3 cm³/mol. The van der Waals surface area contributed by atoms with Gasteiger partial charge in [-0.2, -0.15) is 0 Å². The van der Waals surface area contributed by atoms with Crippen LogP contribution in [0.3, 0.4) is 0 Å². The highest BCUT2D eigenvalue weighted by molar-refractivity contribution is 5.87. The van der Waals surface area contributed by atoms with E-state index in [1.807, 2.05) is 25.2 Å². The van der Waals surface area contributed by atoms with E-state index in [1.165, 1.54) is 25.1 Å². The van der Waals surface area contributed by atoms with E-state index in [0.29, 0.717) is 12.5 Å². The molecule has 0 unspecified atom stereocenters. The lowest BCUT2D eigenvalue weighted by Gasteiger charge is -2.33. The number of nitrogens with one attached hydrogen (secondary N) is 1. The molecule has 0 saturated carbocycles. The minimum atomic E-state index is 0.490. The predicted octanol–water partition coefficient (Wildman–Crippen LogP) is 3.31. The molecule has 0 aliphatic carbocycles. The minimum Gasteiger partial charge on any atom is -0.493 e. The number of aromatic nitrogens is 1. The summed E-state index contributed by atoms with van der Waals surface area (Å²) in [4.78, 5) is 7.10. The Morgan fingerprint density at radius 2 is 2.04 bits per heavy atom. The van der Waals surface area contributed by atoms with Gasteiger partial charge < -0.3 is 19.7 Å². The van der Waals surface area contributed by atoms with E-state index >= 15 is 0 Å². The number of nitrogens with zero attached hydrogens (tertiary/aromatic N) is 2. The number of pyridine rings is 1. The number of hydrogen-bond acceptors (Lipinski definition) is 5. The summed E-state index contributed by atoms with van der Waals surface area (Å²) in [6.45, 7) is 8.53. The van der Waals surface area contributed by atoms with Crippen molar-refractivity contribution >= 4 is 16.7 Å². The van der Waals surface area contributed by atoms with Gasteiger partial charge in [0.15, 0.2) is 11.5 Å². The molecule has 1 atom stereocenters. The van der Waals surface area contributed by atoms with Crippen molar-refractivity contribution in [2.24, 2.45) is 5.92 Å². The number of hydrogen-bond donors (Lipinski definition) is 1. The van der Waals surface area contributed by atoms with Gasteiger partial charge in [0.1, 0.15) is 5.82 Å². The highest BCUT2D eigenvalue weighted by atomic mass is 16.5. The van der Waals surface area contributed by atoms with Gasteiger partial charge in [0, 0.05) is 31.0 Å². The summed E-state index contributed by atoms with van der Waals surface area (Å²) in [7, 11) is 3.56. The monoisotopic (exact) mass is 329 g/mol. The number of methoxy groups -OCH3 is 1. The number of anilines is 1. The van der Waals surface area contributed by atoms with Crippen LogP contribution in [0.4, 0.5) is 5.82 Å². The molecule has 1 aromatic heterocycles. The van der Waals surface area contributed by atoms with Gasteiger partial charge >= 0.3 is 0 Å². The van der Waals surface area contributed by atoms with Crippen molar-refractivity contribution in [3.8, 4) is 11.5 Å². The molecule has 5 heteroatoms. The van der Waals surface area contributed by atoms with Crippen molar-refractivity contribution < 1.29 is 9.47 Å². The van der Waals surface area contributed by atoms with Crippen LogP contribution in [0.1, 0.15) is 18.9 Å². The van der Waals surface area contributed by atoms with E-state index in [9.17, 15) is 0 Å². The number of fused-ring (bicyclic) bond motifs is 1. The maximum atomic E-state index is 6.07. The lowest BCUT2D eigenvalue weighted by Crippen LogP contribution is -2.41. The lowest BCUT2D eigenvalue weighted by atomic mass is 10.1. The number of likely N-dealkylation sites (tertiary alicyclic amines) is 1. The fraction of sp³-hybridized carbons (Fsp3) is 0.526. The zero-order chi connectivity index (χ0) is 17.1. The number of rotatable bonds is 7. The molecule has 1 N–H and O–H groups in total. The molecule has 2 heterocycles. The van der Waals surface area contributed by atoms with Crippen molar-refractivity contribution in [3.05, 3.63) is 23.8 Å². The molecule has 0 amide bonds. The second-order valence-corrected chi connectivity index (χ2v) is 6.66. The second-order valence-electron chi connectivity index (χ2n) is 6.66. The molecule has 1 saturated heterocycles. The van der Waals surface area contributed by atoms with Crippen molar-refractivity contribution in [3.63, 3.8) is 0 Å². The third-order valence-corrected chi connectivity index (χ3v) is 4.60. The van der Waals surface area contributed by atoms with Crippen LogP contribution in [0.15, 0.2) is 18.2 Å². The smallest absolute Gasteiger partial charge is 0.163 e. The Morgan fingerprint density at radius 1 is 1.25 bits per heavy atom. The van der Waals surface area contributed by atoms with Crippen molar-refractivity contribution in [1.29, 1.82) is 0 Å². The summed E-state index contributed by atoms with van der Waals surface area (Å²) in [5.41, 5.74) is 2.09. The minimum absolute atomic E-state index is 0.490. The van der Waals surface area contributed by atoms with Crippen LogP contribution < -0.4 is 14.8 Å². The molecular weight excluding hydrogens is 302 g/mol. The number of aryl methyl sites for hydroxylation is 1. The van der Waals surface area contributed by atoms with Crippen LogP contribution >= 0.6 is 0 Å². The molecular formula is C19H27N3O2. The highest BCUT2D eigenvalue weighted by Crippen LogP contribution is 2.34. The van der Waals surface area contributed by atoms with E-state index < -0.39 is 0 Å². The Labute approximate surface area is 144 Å². The Bertz CT molecular complexity index is 713. The first kappa shape index (κ1) is 16.8. The third-order valence-electron chi connectivity index (χ3n) is 4.60. The summed E-state index contributed by atoms with van der Waals surface area (Å²) in [6.07, 6.45) is 1.32. The average Bonchev–Trinajstić information content (AvgIpc) is 2.55. The molecule has 130 valence electrons. The van der Waals surface area contributed by atoms with Crippen molar-refractivity contribution in [1.82, 2.24) is 9.88 Å². The topological polar surface area (TPSA) is 46.6 Å². The van der Waals surface area contributed by atoms with Crippen molar-refractivity contribution in [2.75, 3.05) is 45.7 Å². The van der Waals surface area contributed by atoms with Gasteiger partial charge in [-0.3, -0.25) is 0 Å². The quantitative estimate of drug-likeness (QED) is 0.844. The van der Waals surface area contributed by atoms with Crippen LogP contribution in [0, 0.1) is 12.8 Å². The summed E-state index contributed by atoms with van der Waals surface area (Å²) in [5, 5.41) is 4.19. The fourth-order valence-corrected chi connectivity index (χ4v) is 3.09. The largest absolute Gasteiger partial charge is 0.493 e. The molecule has 5 nitrogen and oxygen atoms in total. The summed E-state index contributed by atoms with van der Waals surface area (Å²) < 4.78 is 11.6. The zero-order valence-electron chi connectivity index (χ0n) is 15.1. The standard InChI is InChI=1S/C19H27N3O2/c1-13(11-22-6-5-7-22)12-24-18-10-16-15(9-17(18)23-4)14(2)8-19(20-3)21-16/h8-10,13H,5-7,11-12H2,1-4H3,(H,20,21)/t13-/m1/s1. The Hall–Kier alpha value is -2.01. The van der Waals surface area contributed by atoms with Gasteiger partial charge in [0.05, 0.1) is 19.2 Å². The van der Waals surface area contributed by atoms with E-state index in [0.717, 1.165) is 34.8 Å². The second kappa shape index (κ2) is 7.26. The molecule has 24 heavy (non-hydrogen) atoms. The zero-order valence-corrected chi connectivity index (χ0v) is 15.1. The molecule has 1 aliphatic heterocycles. The number of benzene rings is 1. The summed E-state index contributed by atoms with van der Waals surface area (Å²) >= 11 is 0.